The van der Waals surface area contributed by atoms with Crippen molar-refractivity contribution >= 4 is 17.2 Å². The molecule has 0 aromatic carbocycles. The second kappa shape index (κ2) is 6.24. The first-order valence-corrected chi connectivity index (χ1v) is 8.80. The Labute approximate surface area is 143 Å². The van der Waals surface area contributed by atoms with Crippen LogP contribution in [0, 0.1) is 12.8 Å². The molecule has 0 radical (unpaired) electrons. The van der Waals surface area contributed by atoms with Crippen molar-refractivity contribution < 1.29 is 9.21 Å². The number of furan rings is 1. The van der Waals surface area contributed by atoms with Crippen molar-refractivity contribution in [1.82, 2.24) is 20.1 Å². The van der Waals surface area contributed by atoms with Crippen LogP contribution in [-0.4, -0.2) is 20.7 Å². The van der Waals surface area contributed by atoms with Crippen LogP contribution in [0.1, 0.15) is 45.1 Å². The molecule has 1 fully saturated rings. The summed E-state index contributed by atoms with van der Waals surface area (Å²) in [7, 11) is 0. The molecule has 124 valence electrons. The van der Waals surface area contributed by atoms with Crippen LogP contribution in [0.5, 0.6) is 0 Å². The summed E-state index contributed by atoms with van der Waals surface area (Å²) in [4.78, 5) is 18.1. The van der Waals surface area contributed by atoms with E-state index in [-0.39, 0.29) is 11.9 Å². The number of hydrogen-bond donors (Lipinski definition) is 1. The summed E-state index contributed by atoms with van der Waals surface area (Å²) in [6.07, 6.45) is 7.69. The van der Waals surface area contributed by atoms with Crippen LogP contribution < -0.4 is 5.32 Å². The van der Waals surface area contributed by atoms with Crippen LogP contribution in [0.4, 0.5) is 0 Å². The van der Waals surface area contributed by atoms with E-state index in [0.717, 1.165) is 22.7 Å². The Kier molecular flexibility index (Phi) is 3.93. The molecule has 24 heavy (non-hydrogen) atoms. The van der Waals surface area contributed by atoms with Crippen molar-refractivity contribution in [2.75, 3.05) is 0 Å². The molecule has 3 aromatic heterocycles. The lowest BCUT2D eigenvalue weighted by Gasteiger charge is -2.14. The minimum atomic E-state index is -0.188. The van der Waals surface area contributed by atoms with Crippen LogP contribution in [0.3, 0.4) is 0 Å². The molecule has 0 saturated heterocycles. The summed E-state index contributed by atoms with van der Waals surface area (Å²) in [5.41, 5.74) is 0. The van der Waals surface area contributed by atoms with Crippen LogP contribution in [0.2, 0.25) is 0 Å². The Morgan fingerprint density at radius 1 is 1.50 bits per heavy atom. The van der Waals surface area contributed by atoms with Gasteiger partial charge in [0.15, 0.2) is 5.76 Å². The molecule has 0 aliphatic heterocycles. The lowest BCUT2D eigenvalue weighted by atomic mass is 10.2. The summed E-state index contributed by atoms with van der Waals surface area (Å²) in [5.74, 6) is 1.33. The van der Waals surface area contributed by atoms with Gasteiger partial charge < -0.3 is 9.73 Å². The first-order valence-electron chi connectivity index (χ1n) is 7.98. The van der Waals surface area contributed by atoms with Gasteiger partial charge in [-0.15, -0.1) is 11.3 Å². The highest BCUT2D eigenvalue weighted by atomic mass is 32.1. The van der Waals surface area contributed by atoms with Crippen molar-refractivity contribution in [3.8, 4) is 0 Å². The third-order valence-corrected chi connectivity index (χ3v) is 5.04. The van der Waals surface area contributed by atoms with E-state index in [1.165, 1.54) is 0 Å². The van der Waals surface area contributed by atoms with Gasteiger partial charge in [-0.25, -0.2) is 4.98 Å². The molecule has 1 aliphatic carbocycles. The second-order valence-corrected chi connectivity index (χ2v) is 7.33. The highest BCUT2D eigenvalue weighted by Crippen LogP contribution is 2.42. The fourth-order valence-corrected chi connectivity index (χ4v) is 3.60. The molecule has 0 spiro atoms. The van der Waals surface area contributed by atoms with Gasteiger partial charge in [-0.1, -0.05) is 0 Å². The van der Waals surface area contributed by atoms with E-state index in [1.54, 1.807) is 28.3 Å². The molecule has 0 bridgehead atoms. The van der Waals surface area contributed by atoms with Gasteiger partial charge >= 0.3 is 0 Å². The molecule has 1 N–H and O–H groups in total. The first-order chi connectivity index (χ1) is 11.7. The van der Waals surface area contributed by atoms with E-state index >= 15 is 0 Å². The normalized spacial score (nSPS) is 15.4. The first kappa shape index (κ1) is 15.1. The zero-order valence-corrected chi connectivity index (χ0v) is 14.1. The second-order valence-electron chi connectivity index (χ2n) is 6.07. The van der Waals surface area contributed by atoms with Crippen LogP contribution in [-0.2, 0) is 6.54 Å². The molecule has 3 aromatic rings. The van der Waals surface area contributed by atoms with E-state index < -0.39 is 0 Å². The van der Waals surface area contributed by atoms with Gasteiger partial charge in [0.25, 0.3) is 5.91 Å². The van der Waals surface area contributed by atoms with Gasteiger partial charge in [0.2, 0.25) is 0 Å². The maximum absolute atomic E-state index is 12.5. The van der Waals surface area contributed by atoms with Crippen molar-refractivity contribution in [3.05, 3.63) is 58.2 Å². The average molecular weight is 342 g/mol. The standard InChI is InChI=1S/C17H18N4O2S/c1-11-9-18-17(24-11)15(12-3-4-12)20-16(22)14-6-5-13(23-14)10-21-8-2-7-19-21/h2,5-9,12,15H,3-4,10H2,1H3,(H,20,22)/t15-/m1/s1. The molecule has 0 unspecified atom stereocenters. The number of nitrogens with one attached hydrogen (secondary N) is 1. The van der Waals surface area contributed by atoms with E-state index in [2.05, 4.69) is 15.4 Å². The third kappa shape index (κ3) is 3.26. The van der Waals surface area contributed by atoms with Gasteiger partial charge in [-0.2, -0.15) is 5.10 Å². The zero-order chi connectivity index (χ0) is 16.5. The van der Waals surface area contributed by atoms with E-state index in [1.807, 2.05) is 31.5 Å². The summed E-state index contributed by atoms with van der Waals surface area (Å²) < 4.78 is 7.43. The third-order valence-electron chi connectivity index (χ3n) is 4.05. The maximum atomic E-state index is 12.5. The molecule has 1 atom stereocenters. The van der Waals surface area contributed by atoms with Crippen molar-refractivity contribution in [2.24, 2.45) is 5.92 Å². The van der Waals surface area contributed by atoms with Gasteiger partial charge in [-0.3, -0.25) is 9.48 Å². The van der Waals surface area contributed by atoms with Crippen LogP contribution >= 0.6 is 11.3 Å². The number of thiazole rings is 1. The summed E-state index contributed by atoms with van der Waals surface area (Å²) in [6.45, 7) is 2.54. The molecule has 1 amide bonds. The van der Waals surface area contributed by atoms with E-state index in [0.29, 0.717) is 24.0 Å². The molecule has 7 heteroatoms. The molecular formula is C17H18N4O2S. The minimum absolute atomic E-state index is 0.0177. The molecule has 4 rings (SSSR count). The average Bonchev–Trinajstić information content (AvgIpc) is 2.96. The number of rotatable bonds is 6. The highest BCUT2D eigenvalue weighted by molar-refractivity contribution is 7.11. The topological polar surface area (TPSA) is 73.0 Å². The highest BCUT2D eigenvalue weighted by Gasteiger charge is 2.35. The summed E-state index contributed by atoms with van der Waals surface area (Å²) >= 11 is 1.64. The largest absolute Gasteiger partial charge is 0.454 e. The minimum Gasteiger partial charge on any atom is -0.454 e. The predicted molar refractivity (Wildman–Crippen MR) is 89.8 cm³/mol. The van der Waals surface area contributed by atoms with E-state index in [4.69, 9.17) is 4.42 Å². The Hall–Kier alpha value is -2.41. The Morgan fingerprint density at radius 3 is 3.04 bits per heavy atom. The molecular weight excluding hydrogens is 324 g/mol. The lowest BCUT2D eigenvalue weighted by Crippen LogP contribution is -2.29. The molecule has 3 heterocycles. The predicted octanol–water partition coefficient (Wildman–Crippen LogP) is 3.17. The van der Waals surface area contributed by atoms with Gasteiger partial charge in [-0.05, 0) is 43.9 Å². The summed E-state index contributed by atoms with van der Waals surface area (Å²) in [6, 6.07) is 5.37. The Morgan fingerprint density at radius 2 is 2.38 bits per heavy atom. The smallest absolute Gasteiger partial charge is 0.287 e. The van der Waals surface area contributed by atoms with Crippen LogP contribution in [0.15, 0.2) is 41.2 Å². The van der Waals surface area contributed by atoms with Gasteiger partial charge in [0.05, 0.1) is 12.6 Å². The Balaban J connectivity index is 1.46. The number of aryl methyl sites for hydroxylation is 1. The summed E-state index contributed by atoms with van der Waals surface area (Å²) in [5, 5.41) is 8.20. The van der Waals surface area contributed by atoms with Crippen molar-refractivity contribution in [3.63, 3.8) is 0 Å². The van der Waals surface area contributed by atoms with E-state index in [9.17, 15) is 4.79 Å². The SMILES string of the molecule is Cc1cnc([C@H](NC(=O)c2ccc(Cn3cccn3)o2)C2CC2)s1. The van der Waals surface area contributed by atoms with Gasteiger partial charge in [0.1, 0.15) is 10.8 Å². The lowest BCUT2D eigenvalue weighted by molar-refractivity contribution is 0.0901. The number of aromatic nitrogens is 3. The maximum Gasteiger partial charge on any atom is 0.287 e. The fraction of sp³-hybridized carbons (Fsp3) is 0.353. The number of carbonyl (C=O) groups excluding carboxylic acids is 1. The molecule has 1 saturated carbocycles. The number of carbonyl (C=O) groups is 1. The fourth-order valence-electron chi connectivity index (χ4n) is 2.68. The van der Waals surface area contributed by atoms with Gasteiger partial charge in [0, 0.05) is 23.5 Å². The number of amides is 1. The van der Waals surface area contributed by atoms with Crippen molar-refractivity contribution in [2.45, 2.75) is 32.4 Å². The van der Waals surface area contributed by atoms with Crippen LogP contribution in [0.25, 0.3) is 0 Å². The Bertz CT molecular complexity index is 833. The zero-order valence-electron chi connectivity index (χ0n) is 13.3. The molecule has 6 nitrogen and oxygen atoms in total. The quantitative estimate of drug-likeness (QED) is 0.747. The molecule has 1 aliphatic rings. The number of nitrogens with zero attached hydrogens (tertiary/aromatic N) is 3. The van der Waals surface area contributed by atoms with Crippen molar-refractivity contribution in [1.29, 1.82) is 0 Å². The monoisotopic (exact) mass is 342 g/mol. The number of hydrogen-bond acceptors (Lipinski definition) is 5.